The Labute approximate surface area is 202 Å². The lowest BCUT2D eigenvalue weighted by atomic mass is 10.5. The highest BCUT2D eigenvalue weighted by atomic mass is 28.5. The van der Waals surface area contributed by atoms with Gasteiger partial charge in [-0.3, -0.25) is 4.80 Å². The van der Waals surface area contributed by atoms with Crippen LogP contribution in [0.2, 0.25) is 82.6 Å². The summed E-state index contributed by atoms with van der Waals surface area (Å²) in [6, 6.07) is 3.78. The van der Waals surface area contributed by atoms with Gasteiger partial charge in [0.25, 0.3) is 0 Å². The first-order valence-corrected chi connectivity index (χ1v) is 26.5. The molecule has 0 aliphatic carbocycles. The first-order valence-electron chi connectivity index (χ1n) is 12.1. The van der Waals surface area contributed by atoms with E-state index >= 15 is 0 Å². The van der Waals surface area contributed by atoms with Crippen LogP contribution in [0, 0.1) is 0 Å². The summed E-state index contributed by atoms with van der Waals surface area (Å²) >= 11 is 0. The molecule has 7 nitrogen and oxygen atoms in total. The van der Waals surface area contributed by atoms with Crippen molar-refractivity contribution in [3.05, 3.63) is 0 Å². The lowest BCUT2D eigenvalue weighted by Crippen LogP contribution is -2.62. The van der Waals surface area contributed by atoms with Gasteiger partial charge in [0.05, 0.1) is 0 Å². The molecule has 193 valence electrons. The molecule has 0 amide bonds. The molecule has 0 aliphatic rings. The maximum atomic E-state index is 12.4. The van der Waals surface area contributed by atoms with Crippen LogP contribution in [0.1, 0.15) is 25.7 Å². The summed E-state index contributed by atoms with van der Waals surface area (Å²) in [5.74, 6) is 0. The van der Waals surface area contributed by atoms with Crippen LogP contribution in [0.4, 0.5) is 0 Å². The van der Waals surface area contributed by atoms with Crippen molar-refractivity contribution >= 4 is 42.1 Å². The van der Waals surface area contributed by atoms with Crippen LogP contribution in [-0.2, 0) is 17.1 Å². The average Bonchev–Trinajstić information content (AvgIpc) is 2.60. The zero-order chi connectivity index (χ0) is 25.1. The second-order valence-corrected chi connectivity index (χ2v) is 31.8. The Balaban J connectivity index is 6.06. The fraction of sp³-hybridized carbons (Fsp3) is 1.00. The standard InChI is InChI=1S/C20H51O7Si5/c1-28(2,24)16-12-20-32(25-29(3,4)17-9-13-21,26-30(5,6)18-10-14-22)27-31(7,8)19-11-15-23/h21-23H,9-20H2,1-8H3. The Bertz CT molecular complexity index is 458. The summed E-state index contributed by atoms with van der Waals surface area (Å²) in [5.41, 5.74) is 0. The highest BCUT2D eigenvalue weighted by Crippen LogP contribution is 2.35. The van der Waals surface area contributed by atoms with Gasteiger partial charge in [-0.1, -0.05) is 0 Å². The Hall–Kier alpha value is 0.804. The van der Waals surface area contributed by atoms with Crippen molar-refractivity contribution in [2.75, 3.05) is 19.8 Å². The quantitative estimate of drug-likeness (QED) is 0.203. The van der Waals surface area contributed by atoms with Crippen LogP contribution in [0.5, 0.6) is 0 Å². The van der Waals surface area contributed by atoms with Gasteiger partial charge in [0.2, 0.25) is 8.32 Å². The van der Waals surface area contributed by atoms with E-state index in [4.69, 9.17) is 12.3 Å². The molecule has 0 fully saturated rings. The van der Waals surface area contributed by atoms with Gasteiger partial charge >= 0.3 is 8.80 Å². The molecular weight excluding hydrogens is 493 g/mol. The fourth-order valence-corrected chi connectivity index (χ4v) is 23.1. The Morgan fingerprint density at radius 2 is 0.812 bits per heavy atom. The number of aliphatic hydroxyl groups excluding tert-OH is 3. The topological polar surface area (TPSA) is 108 Å². The van der Waals surface area contributed by atoms with E-state index in [9.17, 15) is 20.1 Å². The second-order valence-electron chi connectivity index (χ2n) is 11.4. The lowest BCUT2D eigenvalue weighted by Gasteiger charge is -2.45. The molecule has 0 saturated heterocycles. The molecule has 0 unspecified atom stereocenters. The van der Waals surface area contributed by atoms with Crippen molar-refractivity contribution in [1.29, 1.82) is 0 Å². The molecule has 0 bridgehead atoms. The summed E-state index contributed by atoms with van der Waals surface area (Å²) in [5, 5.41) is 28.1. The molecule has 0 aromatic heterocycles. The second kappa shape index (κ2) is 14.4. The zero-order valence-electron chi connectivity index (χ0n) is 22.0. The molecule has 0 heterocycles. The molecule has 3 N–H and O–H groups in total. The van der Waals surface area contributed by atoms with Gasteiger partial charge in [0.15, 0.2) is 25.0 Å². The maximum Gasteiger partial charge on any atom is 0.469 e. The van der Waals surface area contributed by atoms with E-state index in [-0.39, 0.29) is 19.8 Å². The minimum Gasteiger partial charge on any atom is -0.417 e. The van der Waals surface area contributed by atoms with Crippen LogP contribution in [-0.4, -0.2) is 77.2 Å². The first kappa shape index (κ1) is 32.8. The summed E-state index contributed by atoms with van der Waals surface area (Å²) in [4.78, 5) is 12.4. The molecule has 0 saturated carbocycles. The van der Waals surface area contributed by atoms with Gasteiger partial charge in [-0.25, -0.2) is 0 Å². The van der Waals surface area contributed by atoms with Gasteiger partial charge in [-0.05, 0) is 102 Å². The van der Waals surface area contributed by atoms with Gasteiger partial charge in [-0.2, -0.15) is 0 Å². The number of hydrogen-bond donors (Lipinski definition) is 3. The van der Waals surface area contributed by atoms with Gasteiger partial charge in [0.1, 0.15) is 0 Å². The summed E-state index contributed by atoms with van der Waals surface area (Å²) < 4.78 is 20.9. The summed E-state index contributed by atoms with van der Waals surface area (Å²) in [6.07, 6.45) is 2.83. The summed E-state index contributed by atoms with van der Waals surface area (Å²) in [7, 11) is -12.1. The number of rotatable bonds is 19. The molecule has 0 aliphatic heterocycles. The smallest absolute Gasteiger partial charge is 0.417 e. The van der Waals surface area contributed by atoms with E-state index < -0.39 is 42.1 Å². The average molecular weight is 544 g/mol. The molecule has 0 spiro atoms. The molecule has 0 aromatic carbocycles. The van der Waals surface area contributed by atoms with Crippen molar-refractivity contribution in [3.63, 3.8) is 0 Å². The summed E-state index contributed by atoms with van der Waals surface area (Å²) in [6.45, 7) is 17.1. The fourth-order valence-electron chi connectivity index (χ4n) is 3.88. The maximum absolute atomic E-state index is 12.4. The Morgan fingerprint density at radius 1 is 0.500 bits per heavy atom. The van der Waals surface area contributed by atoms with Crippen molar-refractivity contribution in [1.82, 2.24) is 0 Å². The molecule has 1 radical (unpaired) electrons. The van der Waals surface area contributed by atoms with E-state index in [1.54, 1.807) is 0 Å². The molecule has 12 heteroatoms. The molecule has 0 aromatic rings. The lowest BCUT2D eigenvalue weighted by molar-refractivity contribution is 0.238. The van der Waals surface area contributed by atoms with E-state index in [0.717, 1.165) is 24.6 Å². The Morgan fingerprint density at radius 3 is 1.06 bits per heavy atom. The third-order valence-electron chi connectivity index (χ3n) is 5.37. The van der Waals surface area contributed by atoms with Crippen molar-refractivity contribution in [2.24, 2.45) is 0 Å². The largest absolute Gasteiger partial charge is 0.469 e. The molecule has 32 heavy (non-hydrogen) atoms. The first-order chi connectivity index (χ1) is 14.5. The normalized spacial score (nSPS) is 14.2. The minimum absolute atomic E-state index is 0.138. The van der Waals surface area contributed by atoms with Crippen molar-refractivity contribution < 1.29 is 32.5 Å². The minimum atomic E-state index is -3.13. The predicted molar refractivity (Wildman–Crippen MR) is 143 cm³/mol. The SMILES string of the molecule is C[Si](C)([O])CCC[Si](O[Si](C)(C)CCCO)(O[Si](C)(C)CCCO)O[Si](C)(C)CCCO. The van der Waals surface area contributed by atoms with Crippen LogP contribution < -0.4 is 0 Å². The van der Waals surface area contributed by atoms with Crippen LogP contribution in [0.15, 0.2) is 0 Å². The highest BCUT2D eigenvalue weighted by molar-refractivity contribution is 6.90. The van der Waals surface area contributed by atoms with Crippen molar-refractivity contribution in [2.45, 2.75) is 108 Å². The monoisotopic (exact) mass is 543 g/mol. The highest BCUT2D eigenvalue weighted by Gasteiger charge is 2.52. The van der Waals surface area contributed by atoms with Crippen LogP contribution in [0.3, 0.4) is 0 Å². The molecular formula is C20H51O7Si5. The number of hydrogen-bond acceptors (Lipinski definition) is 6. The van der Waals surface area contributed by atoms with Crippen LogP contribution in [0.25, 0.3) is 0 Å². The number of aliphatic hydroxyl groups is 3. The molecule has 0 rings (SSSR count). The Kier molecular flexibility index (Phi) is 14.7. The molecule has 0 atom stereocenters. The van der Waals surface area contributed by atoms with Gasteiger partial charge < -0.3 is 27.7 Å². The third-order valence-corrected chi connectivity index (χ3v) is 22.9. The van der Waals surface area contributed by atoms with Gasteiger partial charge in [0, 0.05) is 25.9 Å². The van der Waals surface area contributed by atoms with E-state index in [2.05, 4.69) is 39.3 Å². The predicted octanol–water partition coefficient (Wildman–Crippen LogP) is 4.76. The van der Waals surface area contributed by atoms with E-state index in [1.165, 1.54) is 0 Å². The third kappa shape index (κ3) is 15.7. The van der Waals surface area contributed by atoms with Crippen molar-refractivity contribution in [3.8, 4) is 0 Å². The van der Waals surface area contributed by atoms with Crippen LogP contribution >= 0.6 is 0 Å². The van der Waals surface area contributed by atoms with E-state index in [1.807, 2.05) is 13.1 Å². The van der Waals surface area contributed by atoms with Gasteiger partial charge in [-0.15, -0.1) is 0 Å². The zero-order valence-corrected chi connectivity index (χ0v) is 27.0. The van der Waals surface area contributed by atoms with E-state index in [0.29, 0.717) is 31.4 Å².